The molecule has 0 saturated carbocycles. The molecule has 5 rings (SSSR count). The number of nitrogens with one attached hydrogen (secondary N) is 3. The second-order valence-electron chi connectivity index (χ2n) is 8.85. The minimum Gasteiger partial charge on any atom is -0.484 e. The lowest BCUT2D eigenvalue weighted by Gasteiger charge is -2.20. The monoisotopic (exact) mass is 484 g/mol. The Morgan fingerprint density at radius 2 is 1.97 bits per heavy atom. The van der Waals surface area contributed by atoms with Crippen LogP contribution in [0.3, 0.4) is 0 Å². The number of ether oxygens (including phenoxy) is 2. The average Bonchev–Trinajstić information content (AvgIpc) is 3.43. The van der Waals surface area contributed by atoms with E-state index in [0.717, 1.165) is 33.6 Å². The molecule has 3 N–H and O–H groups in total. The third-order valence-corrected chi connectivity index (χ3v) is 5.71. The summed E-state index contributed by atoms with van der Waals surface area (Å²) in [5.41, 5.74) is 5.74. The van der Waals surface area contributed by atoms with Crippen LogP contribution in [0, 0.1) is 0 Å². The van der Waals surface area contributed by atoms with Crippen LogP contribution in [0.15, 0.2) is 60.9 Å². The second kappa shape index (κ2) is 10.6. The predicted molar refractivity (Wildman–Crippen MR) is 137 cm³/mol. The highest BCUT2D eigenvalue weighted by atomic mass is 16.5. The molecule has 0 fully saturated rings. The average molecular weight is 485 g/mol. The van der Waals surface area contributed by atoms with Gasteiger partial charge in [-0.05, 0) is 43.7 Å². The van der Waals surface area contributed by atoms with Crippen LogP contribution in [0.5, 0.6) is 5.75 Å². The van der Waals surface area contributed by atoms with Crippen LogP contribution in [0.4, 0.5) is 11.5 Å². The summed E-state index contributed by atoms with van der Waals surface area (Å²) in [6.07, 6.45) is 4.37. The van der Waals surface area contributed by atoms with Gasteiger partial charge in [-0.2, -0.15) is 5.10 Å². The van der Waals surface area contributed by atoms with Gasteiger partial charge in [0.25, 0.3) is 5.91 Å². The summed E-state index contributed by atoms with van der Waals surface area (Å²) in [5.74, 6) is 1.73. The Balaban J connectivity index is 1.39. The van der Waals surface area contributed by atoms with E-state index in [0.29, 0.717) is 37.0 Å². The largest absolute Gasteiger partial charge is 0.484 e. The zero-order chi connectivity index (χ0) is 24.9. The zero-order valence-electron chi connectivity index (χ0n) is 20.2. The van der Waals surface area contributed by atoms with Gasteiger partial charge in [0.2, 0.25) is 0 Å². The van der Waals surface area contributed by atoms with Gasteiger partial charge in [-0.15, -0.1) is 0 Å². The van der Waals surface area contributed by atoms with E-state index >= 15 is 0 Å². The number of fused-ring (bicyclic) bond motifs is 1. The first-order valence-electron chi connectivity index (χ1n) is 11.9. The Labute approximate surface area is 209 Å². The second-order valence-corrected chi connectivity index (χ2v) is 8.85. The number of aromatic nitrogens is 4. The van der Waals surface area contributed by atoms with Crippen LogP contribution in [-0.4, -0.2) is 45.3 Å². The Morgan fingerprint density at radius 3 is 2.75 bits per heavy atom. The molecule has 9 nitrogen and oxygen atoms in total. The van der Waals surface area contributed by atoms with Crippen molar-refractivity contribution in [3.63, 3.8) is 0 Å². The van der Waals surface area contributed by atoms with E-state index in [9.17, 15) is 4.79 Å². The molecular formula is C27H28N6O3. The summed E-state index contributed by atoms with van der Waals surface area (Å²) in [5, 5.41) is 13.1. The van der Waals surface area contributed by atoms with Gasteiger partial charge in [-0.1, -0.05) is 24.3 Å². The number of H-pyrrole nitrogens is 1. The zero-order valence-corrected chi connectivity index (χ0v) is 20.2. The van der Waals surface area contributed by atoms with Crippen LogP contribution < -0.4 is 15.4 Å². The molecular weight excluding hydrogens is 456 g/mol. The Bertz CT molecular complexity index is 1340. The van der Waals surface area contributed by atoms with Crippen molar-refractivity contribution in [3.05, 3.63) is 72.2 Å². The van der Waals surface area contributed by atoms with Crippen molar-refractivity contribution in [1.29, 1.82) is 0 Å². The molecule has 2 aromatic carbocycles. The normalized spacial score (nSPS) is 12.8. The van der Waals surface area contributed by atoms with Gasteiger partial charge in [-0.3, -0.25) is 9.89 Å². The van der Waals surface area contributed by atoms with E-state index in [2.05, 4.69) is 20.8 Å². The Morgan fingerprint density at radius 1 is 1.11 bits per heavy atom. The smallest absolute Gasteiger partial charge is 0.258 e. The molecule has 0 saturated heterocycles. The van der Waals surface area contributed by atoms with Crippen molar-refractivity contribution < 1.29 is 14.3 Å². The third-order valence-electron chi connectivity index (χ3n) is 5.71. The molecule has 0 spiro atoms. The predicted octanol–water partition coefficient (Wildman–Crippen LogP) is 4.25. The lowest BCUT2D eigenvalue weighted by molar-refractivity contribution is -0.123. The van der Waals surface area contributed by atoms with E-state index in [4.69, 9.17) is 19.4 Å². The number of nitrogens with zero attached hydrogens (tertiary/aromatic N) is 3. The molecule has 184 valence electrons. The van der Waals surface area contributed by atoms with Gasteiger partial charge >= 0.3 is 0 Å². The molecule has 3 heterocycles. The fourth-order valence-corrected chi connectivity index (χ4v) is 3.99. The van der Waals surface area contributed by atoms with Crippen molar-refractivity contribution in [2.24, 2.45) is 0 Å². The lowest BCUT2D eigenvalue weighted by atomic mass is 10.1. The number of rotatable bonds is 8. The van der Waals surface area contributed by atoms with E-state index < -0.39 is 0 Å². The van der Waals surface area contributed by atoms with Crippen LogP contribution in [0.2, 0.25) is 0 Å². The molecule has 0 radical (unpaired) electrons. The highest BCUT2D eigenvalue weighted by molar-refractivity contribution is 5.77. The number of amides is 1. The first kappa shape index (κ1) is 23.5. The maximum atomic E-state index is 12.0. The number of carbonyl (C=O) groups is 1. The van der Waals surface area contributed by atoms with Crippen LogP contribution in [0.1, 0.15) is 25.1 Å². The summed E-state index contributed by atoms with van der Waals surface area (Å²) in [6, 6.07) is 15.6. The molecule has 0 bridgehead atoms. The number of benzene rings is 2. The molecule has 4 aromatic rings. The van der Waals surface area contributed by atoms with Crippen molar-refractivity contribution in [2.45, 2.75) is 32.9 Å². The number of anilines is 2. The Kier molecular flexibility index (Phi) is 6.90. The topological polar surface area (TPSA) is 114 Å². The van der Waals surface area contributed by atoms with E-state index in [-0.39, 0.29) is 18.6 Å². The molecule has 1 aliphatic rings. The van der Waals surface area contributed by atoms with Gasteiger partial charge < -0.3 is 20.1 Å². The minimum absolute atomic E-state index is 0.0500. The number of carbonyl (C=O) groups excluding carboxylic acids is 1. The van der Waals surface area contributed by atoms with Crippen molar-refractivity contribution in [3.8, 4) is 28.3 Å². The van der Waals surface area contributed by atoms with Crippen molar-refractivity contribution in [2.75, 3.05) is 18.5 Å². The van der Waals surface area contributed by atoms with Gasteiger partial charge in [-0.25, -0.2) is 9.97 Å². The van der Waals surface area contributed by atoms with E-state index in [1.54, 1.807) is 6.20 Å². The van der Waals surface area contributed by atoms with Crippen molar-refractivity contribution >= 4 is 17.4 Å². The van der Waals surface area contributed by atoms with Crippen LogP contribution in [0.25, 0.3) is 22.5 Å². The molecule has 1 aliphatic heterocycles. The molecule has 0 atom stereocenters. The van der Waals surface area contributed by atoms with E-state index in [1.165, 1.54) is 0 Å². The highest BCUT2D eigenvalue weighted by Crippen LogP contribution is 2.30. The number of hydrogen-bond acceptors (Lipinski definition) is 7. The Hall–Kier alpha value is -4.24. The molecule has 9 heteroatoms. The molecule has 0 aliphatic carbocycles. The van der Waals surface area contributed by atoms with Gasteiger partial charge in [0.1, 0.15) is 11.6 Å². The van der Waals surface area contributed by atoms with Crippen LogP contribution >= 0.6 is 0 Å². The maximum absolute atomic E-state index is 12.0. The first-order chi connectivity index (χ1) is 17.5. The summed E-state index contributed by atoms with van der Waals surface area (Å²) in [4.78, 5) is 21.6. The molecule has 36 heavy (non-hydrogen) atoms. The van der Waals surface area contributed by atoms with Gasteiger partial charge in [0.15, 0.2) is 12.4 Å². The fourth-order valence-electron chi connectivity index (χ4n) is 3.99. The molecule has 2 aromatic heterocycles. The van der Waals surface area contributed by atoms with Crippen LogP contribution in [-0.2, 0) is 22.6 Å². The van der Waals surface area contributed by atoms with E-state index in [1.807, 2.05) is 68.6 Å². The summed E-state index contributed by atoms with van der Waals surface area (Å²) in [6.45, 7) is 4.86. The summed E-state index contributed by atoms with van der Waals surface area (Å²) >= 11 is 0. The summed E-state index contributed by atoms with van der Waals surface area (Å²) < 4.78 is 11.4. The highest BCUT2D eigenvalue weighted by Gasteiger charge is 2.19. The maximum Gasteiger partial charge on any atom is 0.258 e. The fraction of sp³-hybridized carbons (Fsp3) is 0.259. The lowest BCUT2D eigenvalue weighted by Crippen LogP contribution is -2.34. The quantitative estimate of drug-likeness (QED) is 0.342. The van der Waals surface area contributed by atoms with Gasteiger partial charge in [0.05, 0.1) is 25.1 Å². The van der Waals surface area contributed by atoms with Gasteiger partial charge in [0, 0.05) is 41.0 Å². The first-order valence-corrected chi connectivity index (χ1v) is 11.9. The molecule has 1 amide bonds. The van der Waals surface area contributed by atoms with Crippen molar-refractivity contribution in [1.82, 2.24) is 25.5 Å². The summed E-state index contributed by atoms with van der Waals surface area (Å²) in [7, 11) is 0. The number of hydrogen-bond donors (Lipinski definition) is 3. The molecule has 0 unspecified atom stereocenters. The minimum atomic E-state index is -0.161. The standard InChI is InChI=1S/C27H28N6O3/c1-17(2)30-25(34)16-36-22-5-3-4-19(12-22)26-32-24-10-11-35-15-23(24)27(33-26)31-21-8-6-18(7-9-21)20-13-28-29-14-20/h3-9,12-14,17H,10-11,15-16H2,1-2H3,(H,28,29)(H,30,34)(H,31,32,33). The SMILES string of the molecule is CC(C)NC(=O)COc1cccc(-c2nc3c(c(Nc4ccc(-c5cn[nH]c5)cc4)n2)COCC3)c1. The third kappa shape index (κ3) is 5.52. The number of aromatic amines is 1.